The van der Waals surface area contributed by atoms with Gasteiger partial charge in [0.05, 0.1) is 0 Å². The van der Waals surface area contributed by atoms with Crippen molar-refractivity contribution in [3.63, 3.8) is 0 Å². The molecule has 1 saturated carbocycles. The molecule has 0 amide bonds. The first-order chi connectivity index (χ1) is 8.31. The molecule has 3 aliphatic rings. The quantitative estimate of drug-likeness (QED) is 0.793. The molecule has 98 valence electrons. The van der Waals surface area contributed by atoms with Gasteiger partial charge in [0.25, 0.3) is 0 Å². The van der Waals surface area contributed by atoms with E-state index in [0.717, 1.165) is 23.9 Å². The van der Waals surface area contributed by atoms with Crippen LogP contribution in [0.25, 0.3) is 0 Å². The number of nitrogens with zero attached hydrogens (tertiary/aromatic N) is 1. The highest BCUT2D eigenvalue weighted by molar-refractivity contribution is 4.94. The Kier molecular flexibility index (Phi) is 3.72. The second-order valence-corrected chi connectivity index (χ2v) is 6.76. The van der Waals surface area contributed by atoms with Crippen molar-refractivity contribution in [2.45, 2.75) is 64.0 Å². The van der Waals surface area contributed by atoms with Crippen molar-refractivity contribution in [2.75, 3.05) is 19.6 Å². The van der Waals surface area contributed by atoms with E-state index in [0.29, 0.717) is 0 Å². The smallest absolute Gasteiger partial charge is 0.0200 e. The van der Waals surface area contributed by atoms with Gasteiger partial charge in [-0.1, -0.05) is 19.8 Å². The van der Waals surface area contributed by atoms with E-state index in [1.54, 1.807) is 0 Å². The maximum absolute atomic E-state index is 3.91. The van der Waals surface area contributed by atoms with E-state index in [9.17, 15) is 0 Å². The van der Waals surface area contributed by atoms with Crippen LogP contribution < -0.4 is 5.32 Å². The van der Waals surface area contributed by atoms with Crippen LogP contribution in [0.1, 0.15) is 51.9 Å². The van der Waals surface area contributed by atoms with Crippen LogP contribution in [0.2, 0.25) is 0 Å². The summed E-state index contributed by atoms with van der Waals surface area (Å²) < 4.78 is 0. The van der Waals surface area contributed by atoms with E-state index in [1.807, 2.05) is 0 Å². The third kappa shape index (κ3) is 2.85. The van der Waals surface area contributed by atoms with Crippen LogP contribution in [0, 0.1) is 11.8 Å². The minimum Gasteiger partial charge on any atom is -0.310 e. The molecule has 0 bridgehead atoms. The van der Waals surface area contributed by atoms with Crippen LogP contribution in [0.3, 0.4) is 0 Å². The van der Waals surface area contributed by atoms with Crippen LogP contribution in [-0.2, 0) is 0 Å². The third-order valence-corrected chi connectivity index (χ3v) is 5.17. The highest BCUT2D eigenvalue weighted by Crippen LogP contribution is 2.33. The number of hydrogen-bond acceptors (Lipinski definition) is 2. The van der Waals surface area contributed by atoms with Crippen molar-refractivity contribution in [2.24, 2.45) is 11.8 Å². The Balaban J connectivity index is 1.49. The fourth-order valence-electron chi connectivity index (χ4n) is 4.34. The van der Waals surface area contributed by atoms with Crippen molar-refractivity contribution in [3.8, 4) is 0 Å². The van der Waals surface area contributed by atoms with Crippen LogP contribution in [-0.4, -0.2) is 36.6 Å². The average molecular weight is 236 g/mol. The number of likely N-dealkylation sites (tertiary alicyclic amines) is 1. The maximum Gasteiger partial charge on any atom is 0.0200 e. The van der Waals surface area contributed by atoms with Gasteiger partial charge in [0.2, 0.25) is 0 Å². The normalized spacial score (nSPS) is 43.6. The molecule has 17 heavy (non-hydrogen) atoms. The van der Waals surface area contributed by atoms with E-state index < -0.39 is 0 Å². The average Bonchev–Trinajstić information content (AvgIpc) is 2.71. The van der Waals surface area contributed by atoms with Crippen LogP contribution in [0.15, 0.2) is 0 Å². The zero-order valence-electron chi connectivity index (χ0n) is 11.3. The number of piperidine rings is 1. The van der Waals surface area contributed by atoms with Crippen LogP contribution in [0.5, 0.6) is 0 Å². The number of nitrogens with one attached hydrogen (secondary N) is 1. The van der Waals surface area contributed by atoms with Gasteiger partial charge in [-0.15, -0.1) is 0 Å². The molecule has 2 saturated heterocycles. The molecule has 4 atom stereocenters. The van der Waals surface area contributed by atoms with Gasteiger partial charge in [-0.05, 0) is 50.5 Å². The second-order valence-electron chi connectivity index (χ2n) is 6.76. The van der Waals surface area contributed by atoms with Crippen molar-refractivity contribution < 1.29 is 0 Å². The number of fused-ring (bicyclic) bond motifs is 1. The zero-order valence-corrected chi connectivity index (χ0v) is 11.3. The molecule has 3 rings (SSSR count). The fourth-order valence-corrected chi connectivity index (χ4v) is 4.34. The predicted octanol–water partition coefficient (Wildman–Crippen LogP) is 2.64. The number of rotatable bonds is 2. The summed E-state index contributed by atoms with van der Waals surface area (Å²) >= 11 is 0. The molecule has 3 fully saturated rings. The van der Waals surface area contributed by atoms with Crippen molar-refractivity contribution in [1.29, 1.82) is 0 Å². The fraction of sp³-hybridized carbons (Fsp3) is 1.00. The first kappa shape index (κ1) is 12.0. The van der Waals surface area contributed by atoms with Gasteiger partial charge < -0.3 is 10.2 Å². The first-order valence-corrected chi connectivity index (χ1v) is 7.79. The SMILES string of the molecule is CC1CCCN(CC2CC3CCCCC3N2)C1. The molecular weight excluding hydrogens is 208 g/mol. The Morgan fingerprint density at radius 3 is 2.82 bits per heavy atom. The summed E-state index contributed by atoms with van der Waals surface area (Å²) in [6.07, 6.45) is 10.2. The molecule has 4 unspecified atom stereocenters. The highest BCUT2D eigenvalue weighted by atomic mass is 15.2. The molecule has 0 aromatic rings. The minimum absolute atomic E-state index is 0.799. The minimum atomic E-state index is 0.799. The Morgan fingerprint density at radius 2 is 2.00 bits per heavy atom. The van der Waals surface area contributed by atoms with Gasteiger partial charge in [0.1, 0.15) is 0 Å². The molecule has 2 heterocycles. The van der Waals surface area contributed by atoms with Crippen molar-refractivity contribution in [3.05, 3.63) is 0 Å². The van der Waals surface area contributed by atoms with E-state index in [4.69, 9.17) is 0 Å². The molecule has 2 aliphatic heterocycles. The monoisotopic (exact) mass is 236 g/mol. The second kappa shape index (κ2) is 5.27. The molecular formula is C15H28N2. The van der Waals surface area contributed by atoms with Gasteiger partial charge in [-0.25, -0.2) is 0 Å². The molecule has 1 aliphatic carbocycles. The lowest BCUT2D eigenvalue weighted by molar-refractivity contribution is 0.169. The zero-order chi connectivity index (χ0) is 11.7. The van der Waals surface area contributed by atoms with E-state index in [2.05, 4.69) is 17.1 Å². The predicted molar refractivity (Wildman–Crippen MR) is 72.1 cm³/mol. The summed E-state index contributed by atoms with van der Waals surface area (Å²) in [7, 11) is 0. The summed E-state index contributed by atoms with van der Waals surface area (Å²) in [6, 6.07) is 1.67. The topological polar surface area (TPSA) is 15.3 Å². The summed E-state index contributed by atoms with van der Waals surface area (Å²) in [5, 5.41) is 3.91. The Bertz CT molecular complexity index is 239. The lowest BCUT2D eigenvalue weighted by Gasteiger charge is -2.32. The molecule has 0 spiro atoms. The Hall–Kier alpha value is -0.0800. The Morgan fingerprint density at radius 1 is 1.12 bits per heavy atom. The van der Waals surface area contributed by atoms with Crippen molar-refractivity contribution in [1.82, 2.24) is 10.2 Å². The lowest BCUT2D eigenvalue weighted by atomic mass is 9.85. The van der Waals surface area contributed by atoms with E-state index in [-0.39, 0.29) is 0 Å². The summed E-state index contributed by atoms with van der Waals surface area (Å²) in [4.78, 5) is 2.71. The van der Waals surface area contributed by atoms with Crippen LogP contribution in [0.4, 0.5) is 0 Å². The number of hydrogen-bond donors (Lipinski definition) is 1. The van der Waals surface area contributed by atoms with Crippen molar-refractivity contribution >= 4 is 0 Å². The van der Waals surface area contributed by atoms with E-state index >= 15 is 0 Å². The summed E-state index contributed by atoms with van der Waals surface area (Å²) in [5.41, 5.74) is 0. The van der Waals surface area contributed by atoms with Gasteiger partial charge in [-0.3, -0.25) is 0 Å². The van der Waals surface area contributed by atoms with Gasteiger partial charge >= 0.3 is 0 Å². The molecule has 0 radical (unpaired) electrons. The largest absolute Gasteiger partial charge is 0.310 e. The molecule has 2 nitrogen and oxygen atoms in total. The first-order valence-electron chi connectivity index (χ1n) is 7.79. The van der Waals surface area contributed by atoms with E-state index in [1.165, 1.54) is 64.6 Å². The Labute approximate surface area is 106 Å². The summed E-state index contributed by atoms with van der Waals surface area (Å²) in [6.45, 7) is 6.41. The van der Waals surface area contributed by atoms with Gasteiger partial charge in [0.15, 0.2) is 0 Å². The maximum atomic E-state index is 3.91. The highest BCUT2D eigenvalue weighted by Gasteiger charge is 2.35. The molecule has 1 N–H and O–H groups in total. The molecule has 0 aromatic carbocycles. The standard InChI is InChI=1S/C15H28N2/c1-12-5-4-8-17(10-12)11-14-9-13-6-2-3-7-15(13)16-14/h12-16H,2-11H2,1H3. The van der Waals surface area contributed by atoms with Gasteiger partial charge in [-0.2, -0.15) is 0 Å². The molecule has 0 aromatic heterocycles. The van der Waals surface area contributed by atoms with Gasteiger partial charge in [0, 0.05) is 25.2 Å². The lowest BCUT2D eigenvalue weighted by Crippen LogP contribution is -2.44. The third-order valence-electron chi connectivity index (χ3n) is 5.17. The molecule has 2 heteroatoms. The summed E-state index contributed by atoms with van der Waals surface area (Å²) in [5.74, 6) is 1.93. The van der Waals surface area contributed by atoms with Crippen LogP contribution >= 0.6 is 0 Å².